The summed E-state index contributed by atoms with van der Waals surface area (Å²) in [4.78, 5) is 12.8. The van der Waals surface area contributed by atoms with E-state index >= 15 is 0 Å². The lowest BCUT2D eigenvalue weighted by Gasteiger charge is -2.14. The van der Waals surface area contributed by atoms with E-state index in [0.717, 1.165) is 33.7 Å². The van der Waals surface area contributed by atoms with E-state index in [1.54, 1.807) is 6.21 Å². The van der Waals surface area contributed by atoms with Crippen molar-refractivity contribution >= 4 is 40.3 Å². The predicted octanol–water partition coefficient (Wildman–Crippen LogP) is 5.97. The Balaban J connectivity index is 1.33. The maximum absolute atomic E-state index is 12.8. The molecule has 0 radical (unpaired) electrons. The fraction of sp³-hybridized carbons (Fsp3) is 0.133. The van der Waals surface area contributed by atoms with E-state index in [4.69, 9.17) is 0 Å². The van der Waals surface area contributed by atoms with Crippen molar-refractivity contribution in [1.29, 1.82) is 0 Å². The number of para-hydroxylation sites is 1. The number of rotatable bonds is 9. The van der Waals surface area contributed by atoms with Gasteiger partial charge in [-0.2, -0.15) is 5.10 Å². The van der Waals surface area contributed by atoms with Crippen molar-refractivity contribution in [2.75, 3.05) is 5.32 Å². The molecule has 5 aromatic rings. The van der Waals surface area contributed by atoms with Gasteiger partial charge in [0, 0.05) is 16.8 Å². The number of nitrogens with one attached hydrogen (secondary N) is 2. The first-order valence-corrected chi connectivity index (χ1v) is 13.2. The van der Waals surface area contributed by atoms with Crippen molar-refractivity contribution in [1.82, 2.24) is 20.2 Å². The molecule has 0 aliphatic heterocycles. The summed E-state index contributed by atoms with van der Waals surface area (Å²) >= 11 is 1.34. The predicted molar refractivity (Wildman–Crippen MR) is 155 cm³/mol. The topological polar surface area (TPSA) is 84.2 Å². The molecule has 5 rings (SSSR count). The molecule has 38 heavy (non-hydrogen) atoms. The van der Waals surface area contributed by atoms with Crippen molar-refractivity contribution in [2.24, 2.45) is 5.10 Å². The number of hydrazone groups is 1. The molecule has 0 fully saturated rings. The molecular formula is C30H28N6OS. The zero-order chi connectivity index (χ0) is 26.3. The molecule has 0 saturated heterocycles. The van der Waals surface area contributed by atoms with Crippen LogP contribution in [0.2, 0.25) is 0 Å². The first-order valence-electron chi connectivity index (χ1n) is 12.4. The van der Waals surface area contributed by atoms with Crippen LogP contribution in [0.5, 0.6) is 0 Å². The van der Waals surface area contributed by atoms with E-state index in [1.807, 2.05) is 91.2 Å². The van der Waals surface area contributed by atoms with Crippen molar-refractivity contribution < 1.29 is 4.79 Å². The molecule has 0 aliphatic carbocycles. The third-order valence-electron chi connectivity index (χ3n) is 6.16. The van der Waals surface area contributed by atoms with Crippen LogP contribution >= 0.6 is 11.8 Å². The third kappa shape index (κ3) is 5.76. The molecular weight excluding hydrogens is 492 g/mol. The Kier molecular flexibility index (Phi) is 7.80. The van der Waals surface area contributed by atoms with Gasteiger partial charge in [0.2, 0.25) is 0 Å². The molecule has 1 amide bonds. The molecule has 2 N–H and O–H groups in total. The summed E-state index contributed by atoms with van der Waals surface area (Å²) in [5.74, 6) is 0.537. The number of hydrogen-bond donors (Lipinski definition) is 2. The van der Waals surface area contributed by atoms with Gasteiger partial charge in [-0.3, -0.25) is 9.36 Å². The highest BCUT2D eigenvalue weighted by atomic mass is 32.2. The average molecular weight is 521 g/mol. The van der Waals surface area contributed by atoms with E-state index in [9.17, 15) is 4.79 Å². The lowest BCUT2D eigenvalue weighted by Crippen LogP contribution is -2.27. The fourth-order valence-electron chi connectivity index (χ4n) is 4.08. The van der Waals surface area contributed by atoms with Crippen molar-refractivity contribution in [3.63, 3.8) is 0 Å². The zero-order valence-electron chi connectivity index (χ0n) is 21.2. The number of carbonyl (C=O) groups excluding carboxylic acids is 1. The Hall–Kier alpha value is -4.43. The molecule has 4 aromatic carbocycles. The number of anilines is 1. The molecule has 0 spiro atoms. The summed E-state index contributed by atoms with van der Waals surface area (Å²) in [6, 6.07) is 32.3. The zero-order valence-corrected chi connectivity index (χ0v) is 22.0. The maximum Gasteiger partial charge on any atom is 0.253 e. The van der Waals surface area contributed by atoms with Gasteiger partial charge in [0.05, 0.1) is 18.0 Å². The SMILES string of the molecule is Cc1ccccc1/C=N/NC(=O)C(C)Sc1nnc(CNc2cccc3ccccc23)n1-c1ccccc1. The number of carbonyl (C=O) groups is 1. The summed E-state index contributed by atoms with van der Waals surface area (Å²) in [6.07, 6.45) is 1.66. The highest BCUT2D eigenvalue weighted by Crippen LogP contribution is 2.27. The molecule has 0 aliphatic rings. The quantitative estimate of drug-likeness (QED) is 0.142. The minimum Gasteiger partial charge on any atom is -0.377 e. The Morgan fingerprint density at radius 1 is 0.947 bits per heavy atom. The highest BCUT2D eigenvalue weighted by Gasteiger charge is 2.21. The van der Waals surface area contributed by atoms with E-state index in [-0.39, 0.29) is 5.91 Å². The van der Waals surface area contributed by atoms with Gasteiger partial charge in [-0.1, -0.05) is 90.6 Å². The van der Waals surface area contributed by atoms with Gasteiger partial charge in [0.25, 0.3) is 5.91 Å². The van der Waals surface area contributed by atoms with Gasteiger partial charge in [-0.05, 0) is 48.6 Å². The number of fused-ring (bicyclic) bond motifs is 1. The van der Waals surface area contributed by atoms with Crippen LogP contribution in [0.1, 0.15) is 23.9 Å². The second-order valence-electron chi connectivity index (χ2n) is 8.80. The number of nitrogens with zero attached hydrogens (tertiary/aromatic N) is 4. The smallest absolute Gasteiger partial charge is 0.253 e. The summed E-state index contributed by atoms with van der Waals surface area (Å²) in [6.45, 7) is 4.31. The number of hydrogen-bond acceptors (Lipinski definition) is 6. The van der Waals surface area contributed by atoms with Gasteiger partial charge in [-0.25, -0.2) is 5.43 Å². The summed E-state index contributed by atoms with van der Waals surface area (Å²) < 4.78 is 1.99. The largest absolute Gasteiger partial charge is 0.377 e. The number of aromatic nitrogens is 3. The summed E-state index contributed by atoms with van der Waals surface area (Å²) in [5.41, 5.74) is 6.66. The van der Waals surface area contributed by atoms with Crippen molar-refractivity contribution in [2.45, 2.75) is 30.8 Å². The van der Waals surface area contributed by atoms with Crippen LogP contribution in [0.3, 0.4) is 0 Å². The minimum atomic E-state index is -0.436. The van der Waals surface area contributed by atoms with E-state index in [2.05, 4.69) is 50.3 Å². The van der Waals surface area contributed by atoms with Crippen LogP contribution in [0, 0.1) is 6.92 Å². The van der Waals surface area contributed by atoms with Crippen LogP contribution in [0.4, 0.5) is 5.69 Å². The Morgan fingerprint density at radius 2 is 1.68 bits per heavy atom. The monoisotopic (exact) mass is 520 g/mol. The fourth-order valence-corrected chi connectivity index (χ4v) is 4.96. The van der Waals surface area contributed by atoms with Gasteiger partial charge in [-0.15, -0.1) is 10.2 Å². The van der Waals surface area contributed by atoms with Crippen molar-refractivity contribution in [3.8, 4) is 5.69 Å². The van der Waals surface area contributed by atoms with E-state index in [0.29, 0.717) is 11.7 Å². The molecule has 0 saturated carbocycles. The second-order valence-corrected chi connectivity index (χ2v) is 10.1. The van der Waals surface area contributed by atoms with Crippen LogP contribution in [0.15, 0.2) is 107 Å². The summed E-state index contributed by atoms with van der Waals surface area (Å²) in [7, 11) is 0. The van der Waals surface area contributed by atoms with Crippen LogP contribution in [-0.2, 0) is 11.3 Å². The molecule has 1 unspecified atom stereocenters. The standard InChI is InChI=1S/C30H28N6OS/c1-21-11-6-7-13-24(21)19-32-34-29(37)22(2)38-30-35-33-28(36(30)25-15-4-3-5-16-25)20-31-27-18-10-14-23-12-8-9-17-26(23)27/h3-19,22,31H,20H2,1-2H3,(H,34,37)/b32-19+. The first kappa shape index (κ1) is 25.2. The van der Waals surface area contributed by atoms with E-state index < -0.39 is 5.25 Å². The Morgan fingerprint density at radius 3 is 2.53 bits per heavy atom. The van der Waals surface area contributed by atoms with Crippen LogP contribution in [0.25, 0.3) is 16.5 Å². The van der Waals surface area contributed by atoms with E-state index in [1.165, 1.54) is 17.1 Å². The third-order valence-corrected chi connectivity index (χ3v) is 7.20. The van der Waals surface area contributed by atoms with Gasteiger partial charge < -0.3 is 5.32 Å². The van der Waals surface area contributed by atoms with Crippen LogP contribution in [-0.4, -0.2) is 32.1 Å². The van der Waals surface area contributed by atoms with Gasteiger partial charge >= 0.3 is 0 Å². The molecule has 1 atom stereocenters. The first-order chi connectivity index (χ1) is 18.6. The van der Waals surface area contributed by atoms with Crippen molar-refractivity contribution in [3.05, 3.63) is 114 Å². The molecule has 0 bridgehead atoms. The Labute approximate surface area is 226 Å². The maximum atomic E-state index is 12.8. The number of benzene rings is 4. The number of amides is 1. The Bertz CT molecular complexity index is 1580. The molecule has 8 heteroatoms. The number of aryl methyl sites for hydroxylation is 1. The molecule has 1 heterocycles. The lowest BCUT2D eigenvalue weighted by molar-refractivity contribution is -0.120. The highest BCUT2D eigenvalue weighted by molar-refractivity contribution is 8.00. The van der Waals surface area contributed by atoms with Crippen LogP contribution < -0.4 is 10.7 Å². The average Bonchev–Trinajstić information content (AvgIpc) is 3.35. The minimum absolute atomic E-state index is 0.210. The second kappa shape index (κ2) is 11.7. The molecule has 1 aromatic heterocycles. The van der Waals surface area contributed by atoms with Gasteiger partial charge in [0.1, 0.15) is 0 Å². The molecule has 7 nitrogen and oxygen atoms in total. The summed E-state index contributed by atoms with van der Waals surface area (Å²) in [5, 5.41) is 19.1. The molecule has 190 valence electrons. The number of thioether (sulfide) groups is 1. The van der Waals surface area contributed by atoms with Gasteiger partial charge in [0.15, 0.2) is 11.0 Å². The lowest BCUT2D eigenvalue weighted by atomic mass is 10.1. The normalized spacial score (nSPS) is 12.1.